The highest BCUT2D eigenvalue weighted by atomic mass is 16.2. The molecule has 0 aliphatic carbocycles. The Morgan fingerprint density at radius 1 is 1.54 bits per heavy atom. The van der Waals surface area contributed by atoms with Gasteiger partial charge in [-0.1, -0.05) is 0 Å². The van der Waals surface area contributed by atoms with Crippen molar-refractivity contribution in [2.75, 3.05) is 6.54 Å². The van der Waals surface area contributed by atoms with Gasteiger partial charge in [-0.2, -0.15) is 0 Å². The average molecular weight is 176 g/mol. The molecule has 3 heteroatoms. The molecule has 68 valence electrons. The molecule has 0 aromatic carbocycles. The van der Waals surface area contributed by atoms with Gasteiger partial charge in [-0.3, -0.25) is 9.78 Å². The molecule has 0 N–H and O–H groups in total. The average Bonchev–Trinajstić information content (AvgIpc) is 2.44. The lowest BCUT2D eigenvalue weighted by Gasteiger charge is -2.11. The molecule has 1 amide bonds. The number of carbonyl (C=O) groups is 1. The van der Waals surface area contributed by atoms with Crippen molar-refractivity contribution in [3.8, 4) is 0 Å². The number of rotatable bonds is 1. The Morgan fingerprint density at radius 2 is 2.31 bits per heavy atom. The molecule has 1 aromatic rings. The van der Waals surface area contributed by atoms with Crippen LogP contribution < -0.4 is 0 Å². The minimum absolute atomic E-state index is 0.150. The lowest BCUT2D eigenvalue weighted by molar-refractivity contribution is 0.0786. The topological polar surface area (TPSA) is 33.2 Å². The number of pyridine rings is 1. The van der Waals surface area contributed by atoms with Gasteiger partial charge in [0, 0.05) is 31.0 Å². The third kappa shape index (κ3) is 1.11. The van der Waals surface area contributed by atoms with E-state index in [4.69, 9.17) is 0 Å². The molecule has 13 heavy (non-hydrogen) atoms. The Labute approximate surface area is 77.4 Å². The number of aryl methyl sites for hydroxylation is 1. The molecule has 1 aliphatic rings. The van der Waals surface area contributed by atoms with E-state index in [2.05, 4.69) is 4.98 Å². The minimum atomic E-state index is 0.150. The zero-order valence-electron chi connectivity index (χ0n) is 7.87. The van der Waals surface area contributed by atoms with Crippen LogP contribution >= 0.6 is 0 Å². The normalized spacial score (nSPS) is 14.9. The molecule has 2 rings (SSSR count). The van der Waals surface area contributed by atoms with Crippen molar-refractivity contribution in [2.45, 2.75) is 20.4 Å². The van der Waals surface area contributed by atoms with Crippen molar-refractivity contribution >= 4 is 5.91 Å². The number of carbonyl (C=O) groups excluding carboxylic acids is 1. The van der Waals surface area contributed by atoms with Crippen LogP contribution in [0, 0.1) is 6.92 Å². The van der Waals surface area contributed by atoms with Gasteiger partial charge in [-0.25, -0.2) is 0 Å². The first-order valence-corrected chi connectivity index (χ1v) is 4.46. The molecular weight excluding hydrogens is 164 g/mol. The van der Waals surface area contributed by atoms with Crippen LogP contribution in [-0.4, -0.2) is 22.3 Å². The summed E-state index contributed by atoms with van der Waals surface area (Å²) in [5, 5.41) is 0. The number of fused-ring (bicyclic) bond motifs is 1. The second-order valence-electron chi connectivity index (χ2n) is 3.31. The number of amides is 1. The molecule has 0 spiro atoms. The summed E-state index contributed by atoms with van der Waals surface area (Å²) >= 11 is 0. The highest BCUT2D eigenvalue weighted by molar-refractivity contribution is 5.99. The van der Waals surface area contributed by atoms with Gasteiger partial charge in [0.25, 0.3) is 5.91 Å². The molecule has 0 atom stereocenters. The number of nitrogens with zero attached hydrogens (tertiary/aromatic N) is 2. The molecule has 0 radical (unpaired) electrons. The van der Waals surface area contributed by atoms with Crippen molar-refractivity contribution in [2.24, 2.45) is 0 Å². The van der Waals surface area contributed by atoms with E-state index in [1.165, 1.54) is 0 Å². The van der Waals surface area contributed by atoms with Crippen LogP contribution in [0.25, 0.3) is 0 Å². The van der Waals surface area contributed by atoms with E-state index in [0.29, 0.717) is 0 Å². The van der Waals surface area contributed by atoms with Crippen LogP contribution in [0.15, 0.2) is 12.4 Å². The fourth-order valence-electron chi connectivity index (χ4n) is 1.74. The number of hydrogen-bond acceptors (Lipinski definition) is 2. The predicted octanol–water partition coefficient (Wildman–Crippen LogP) is 1.37. The van der Waals surface area contributed by atoms with E-state index in [1.807, 2.05) is 18.7 Å². The zero-order valence-corrected chi connectivity index (χ0v) is 7.87. The molecule has 2 heterocycles. The Kier molecular flexibility index (Phi) is 1.79. The Morgan fingerprint density at radius 3 is 2.92 bits per heavy atom. The Bertz CT molecular complexity index is 360. The van der Waals surface area contributed by atoms with Gasteiger partial charge in [0.2, 0.25) is 0 Å². The van der Waals surface area contributed by atoms with Crippen LogP contribution in [-0.2, 0) is 6.54 Å². The van der Waals surface area contributed by atoms with Crippen LogP contribution in [0.2, 0.25) is 0 Å². The summed E-state index contributed by atoms with van der Waals surface area (Å²) in [6, 6.07) is 0. The highest BCUT2D eigenvalue weighted by Crippen LogP contribution is 2.23. The molecular formula is C10H12N2O. The quantitative estimate of drug-likeness (QED) is 0.647. The summed E-state index contributed by atoms with van der Waals surface area (Å²) in [6.07, 6.45) is 3.53. The van der Waals surface area contributed by atoms with Gasteiger partial charge in [0.05, 0.1) is 5.56 Å². The monoisotopic (exact) mass is 176 g/mol. The maximum absolute atomic E-state index is 11.7. The van der Waals surface area contributed by atoms with Crippen molar-refractivity contribution in [3.05, 3.63) is 29.1 Å². The highest BCUT2D eigenvalue weighted by Gasteiger charge is 2.27. The SMILES string of the molecule is CCN1Cc2cncc(C)c2C1=O. The molecule has 3 nitrogen and oxygen atoms in total. The second-order valence-corrected chi connectivity index (χ2v) is 3.31. The lowest BCUT2D eigenvalue weighted by Crippen LogP contribution is -2.23. The molecule has 1 aromatic heterocycles. The summed E-state index contributed by atoms with van der Waals surface area (Å²) in [5.74, 6) is 0.150. The van der Waals surface area contributed by atoms with Gasteiger partial charge >= 0.3 is 0 Å². The van der Waals surface area contributed by atoms with Crippen LogP contribution in [0.4, 0.5) is 0 Å². The molecule has 0 saturated carbocycles. The Balaban J connectivity index is 2.50. The first kappa shape index (κ1) is 8.23. The number of hydrogen-bond donors (Lipinski definition) is 0. The van der Waals surface area contributed by atoms with E-state index in [-0.39, 0.29) is 5.91 Å². The summed E-state index contributed by atoms with van der Waals surface area (Å²) in [6.45, 7) is 5.42. The molecule has 0 bridgehead atoms. The van der Waals surface area contributed by atoms with E-state index >= 15 is 0 Å². The van der Waals surface area contributed by atoms with Gasteiger partial charge in [0.1, 0.15) is 0 Å². The lowest BCUT2D eigenvalue weighted by atomic mass is 10.1. The molecule has 0 saturated heterocycles. The fourth-order valence-corrected chi connectivity index (χ4v) is 1.74. The van der Waals surface area contributed by atoms with Crippen LogP contribution in [0.1, 0.15) is 28.4 Å². The van der Waals surface area contributed by atoms with Crippen LogP contribution in [0.3, 0.4) is 0 Å². The van der Waals surface area contributed by atoms with E-state index in [0.717, 1.165) is 29.8 Å². The van der Waals surface area contributed by atoms with Gasteiger partial charge in [-0.05, 0) is 19.4 Å². The van der Waals surface area contributed by atoms with E-state index < -0.39 is 0 Å². The van der Waals surface area contributed by atoms with Gasteiger partial charge < -0.3 is 4.90 Å². The number of aromatic nitrogens is 1. The summed E-state index contributed by atoms with van der Waals surface area (Å²) in [7, 11) is 0. The Hall–Kier alpha value is -1.38. The molecule has 1 aliphatic heterocycles. The van der Waals surface area contributed by atoms with Crippen molar-refractivity contribution in [3.63, 3.8) is 0 Å². The first-order chi connectivity index (χ1) is 6.24. The standard InChI is InChI=1S/C10H12N2O/c1-3-12-6-8-5-11-4-7(2)9(8)10(12)13/h4-5H,3,6H2,1-2H3. The summed E-state index contributed by atoms with van der Waals surface area (Å²) < 4.78 is 0. The third-order valence-corrected chi connectivity index (χ3v) is 2.46. The van der Waals surface area contributed by atoms with Gasteiger partial charge in [-0.15, -0.1) is 0 Å². The summed E-state index contributed by atoms with van der Waals surface area (Å²) in [4.78, 5) is 17.7. The summed E-state index contributed by atoms with van der Waals surface area (Å²) in [5.41, 5.74) is 2.90. The molecule has 0 fully saturated rings. The van der Waals surface area contributed by atoms with Gasteiger partial charge in [0.15, 0.2) is 0 Å². The van der Waals surface area contributed by atoms with Crippen molar-refractivity contribution < 1.29 is 4.79 Å². The van der Waals surface area contributed by atoms with E-state index in [1.54, 1.807) is 12.4 Å². The van der Waals surface area contributed by atoms with Crippen LogP contribution in [0.5, 0.6) is 0 Å². The second kappa shape index (κ2) is 2.83. The maximum atomic E-state index is 11.7. The maximum Gasteiger partial charge on any atom is 0.254 e. The smallest absolute Gasteiger partial charge is 0.254 e. The zero-order chi connectivity index (χ0) is 9.42. The fraction of sp³-hybridized carbons (Fsp3) is 0.400. The van der Waals surface area contributed by atoms with Crippen molar-refractivity contribution in [1.82, 2.24) is 9.88 Å². The third-order valence-electron chi connectivity index (χ3n) is 2.46. The minimum Gasteiger partial charge on any atom is -0.334 e. The largest absolute Gasteiger partial charge is 0.334 e. The predicted molar refractivity (Wildman–Crippen MR) is 49.4 cm³/mol. The van der Waals surface area contributed by atoms with E-state index in [9.17, 15) is 4.79 Å². The van der Waals surface area contributed by atoms with Crippen molar-refractivity contribution in [1.29, 1.82) is 0 Å². The first-order valence-electron chi connectivity index (χ1n) is 4.46. The molecule has 0 unspecified atom stereocenters.